The molecule has 0 bridgehead atoms. The summed E-state index contributed by atoms with van der Waals surface area (Å²) < 4.78 is 5.57. The molecule has 0 radical (unpaired) electrons. The van der Waals surface area contributed by atoms with Crippen LogP contribution < -0.4 is 9.80 Å². The van der Waals surface area contributed by atoms with Crippen molar-refractivity contribution in [3.8, 4) is 0 Å². The molecule has 3 aromatic rings. The highest BCUT2D eigenvalue weighted by Crippen LogP contribution is 2.54. The molecule has 2 aliphatic heterocycles. The van der Waals surface area contributed by atoms with Gasteiger partial charge in [-0.2, -0.15) is 0 Å². The Labute approximate surface area is 195 Å². The Kier molecular flexibility index (Phi) is 4.88. The highest BCUT2D eigenvalue weighted by atomic mass is 35.5. The molecule has 5 rings (SSSR count). The summed E-state index contributed by atoms with van der Waals surface area (Å²) in [6.07, 6.45) is 0. The largest absolute Gasteiger partial charge is 0.376 e. The normalized spacial score (nSPS) is 21.5. The predicted molar refractivity (Wildman–Crippen MR) is 123 cm³/mol. The molecule has 1 atom stereocenters. The van der Waals surface area contributed by atoms with E-state index < -0.39 is 17.3 Å². The first-order valence-electron chi connectivity index (χ1n) is 9.84. The highest BCUT2D eigenvalue weighted by molar-refractivity contribution is 6.31. The molecule has 2 fully saturated rings. The maximum Gasteiger partial charge on any atom is 0.332 e. The van der Waals surface area contributed by atoms with Crippen LogP contribution in [0.3, 0.4) is 0 Å². The van der Waals surface area contributed by atoms with Gasteiger partial charge in [0.25, 0.3) is 0 Å². The van der Waals surface area contributed by atoms with Gasteiger partial charge in [-0.25, -0.2) is 9.64 Å². The lowest BCUT2D eigenvalue weighted by Gasteiger charge is -2.51. The number of ether oxygens (including phenoxy) is 1. The van der Waals surface area contributed by atoms with Crippen molar-refractivity contribution in [2.24, 2.45) is 0 Å². The van der Waals surface area contributed by atoms with Crippen LogP contribution in [0.25, 0.3) is 4.85 Å². The first-order chi connectivity index (χ1) is 15.4. The van der Waals surface area contributed by atoms with Gasteiger partial charge in [0, 0.05) is 21.4 Å². The number of halogens is 2. The molecule has 1 N–H and O–H groups in total. The number of carbonyl (C=O) groups is 1. The smallest absolute Gasteiger partial charge is 0.332 e. The minimum absolute atomic E-state index is 0.115. The molecule has 0 saturated carbocycles. The average Bonchev–Trinajstić information content (AvgIpc) is 3.00. The Balaban J connectivity index is 1.77. The highest BCUT2D eigenvalue weighted by Gasteiger charge is 2.72. The van der Waals surface area contributed by atoms with E-state index in [1.807, 2.05) is 0 Å². The number of anilines is 2. The molecule has 0 aromatic heterocycles. The van der Waals surface area contributed by atoms with Crippen molar-refractivity contribution in [1.82, 2.24) is 0 Å². The number of urea groups is 1. The van der Waals surface area contributed by atoms with E-state index in [0.717, 1.165) is 0 Å². The van der Waals surface area contributed by atoms with Gasteiger partial charge in [-0.1, -0.05) is 41.4 Å². The SMILES string of the molecule is [C-]#[N+]c1cccc(C2(O)N(c3ccc(Cl)cc3)C(=O)N(c3ccc(Cl)cc3)C23COC3)c1. The van der Waals surface area contributed by atoms with E-state index >= 15 is 0 Å². The van der Waals surface area contributed by atoms with Crippen molar-refractivity contribution in [1.29, 1.82) is 0 Å². The molecule has 3 aromatic carbocycles. The van der Waals surface area contributed by atoms with Crippen molar-refractivity contribution in [3.63, 3.8) is 0 Å². The zero-order chi connectivity index (χ0) is 22.5. The molecule has 2 aliphatic rings. The Morgan fingerprint density at radius 2 is 1.47 bits per heavy atom. The van der Waals surface area contributed by atoms with Gasteiger partial charge in [0.1, 0.15) is 5.54 Å². The molecular formula is C24H17Cl2N3O3. The molecule has 2 saturated heterocycles. The van der Waals surface area contributed by atoms with Crippen molar-refractivity contribution in [2.75, 3.05) is 23.0 Å². The van der Waals surface area contributed by atoms with Crippen molar-refractivity contribution in [2.45, 2.75) is 11.3 Å². The molecule has 6 nitrogen and oxygen atoms in total. The lowest BCUT2D eigenvalue weighted by Crippen LogP contribution is -2.70. The van der Waals surface area contributed by atoms with Gasteiger partial charge in [0.05, 0.1) is 19.8 Å². The van der Waals surface area contributed by atoms with Crippen LogP contribution in [0.4, 0.5) is 21.9 Å². The number of aliphatic hydroxyl groups is 1. The summed E-state index contributed by atoms with van der Waals surface area (Å²) >= 11 is 12.1. The van der Waals surface area contributed by atoms with Crippen LogP contribution in [0.5, 0.6) is 0 Å². The van der Waals surface area contributed by atoms with Gasteiger partial charge in [-0.15, -0.1) is 0 Å². The van der Waals surface area contributed by atoms with E-state index in [1.165, 1.54) is 4.90 Å². The first kappa shape index (κ1) is 20.8. The molecular weight excluding hydrogens is 449 g/mol. The minimum atomic E-state index is -1.81. The third kappa shape index (κ3) is 2.83. The van der Waals surface area contributed by atoms with Gasteiger partial charge in [0.15, 0.2) is 11.4 Å². The topological polar surface area (TPSA) is 57.4 Å². The Bertz CT molecular complexity index is 1240. The molecule has 0 aliphatic carbocycles. The summed E-state index contributed by atoms with van der Waals surface area (Å²) in [5, 5.41) is 13.5. The van der Waals surface area contributed by atoms with Gasteiger partial charge in [-0.3, -0.25) is 9.80 Å². The summed E-state index contributed by atoms with van der Waals surface area (Å²) in [6.45, 7) is 7.64. The number of carbonyl (C=O) groups excluding carboxylic acids is 1. The predicted octanol–water partition coefficient (Wildman–Crippen LogP) is 5.61. The van der Waals surface area contributed by atoms with Gasteiger partial charge >= 0.3 is 6.03 Å². The third-order valence-corrected chi connectivity index (χ3v) is 6.52. The fourth-order valence-electron chi connectivity index (χ4n) is 4.44. The van der Waals surface area contributed by atoms with E-state index in [4.69, 9.17) is 34.5 Å². The third-order valence-electron chi connectivity index (χ3n) is 6.01. The second-order valence-electron chi connectivity index (χ2n) is 7.76. The first-order valence-corrected chi connectivity index (χ1v) is 10.6. The van der Waals surface area contributed by atoms with Gasteiger partial charge in [-0.05, 0) is 60.2 Å². The second-order valence-corrected chi connectivity index (χ2v) is 8.64. The van der Waals surface area contributed by atoms with Crippen LogP contribution in [0.15, 0.2) is 72.8 Å². The average molecular weight is 466 g/mol. The van der Waals surface area contributed by atoms with Gasteiger partial charge in [0.2, 0.25) is 0 Å². The fraction of sp³-hybridized carbons (Fsp3) is 0.167. The lowest BCUT2D eigenvalue weighted by atomic mass is 9.78. The van der Waals surface area contributed by atoms with Crippen LogP contribution in [0.1, 0.15) is 5.56 Å². The van der Waals surface area contributed by atoms with Crippen molar-refractivity contribution >= 4 is 46.3 Å². The summed E-state index contributed by atoms with van der Waals surface area (Å²) in [6, 6.07) is 19.8. The van der Waals surface area contributed by atoms with Crippen molar-refractivity contribution in [3.05, 3.63) is 99.8 Å². The van der Waals surface area contributed by atoms with Gasteiger partial charge < -0.3 is 9.84 Å². The van der Waals surface area contributed by atoms with Crippen LogP contribution in [-0.4, -0.2) is 29.9 Å². The number of amides is 2. The molecule has 8 heteroatoms. The molecule has 1 spiro atoms. The van der Waals surface area contributed by atoms with Crippen LogP contribution in [0.2, 0.25) is 10.0 Å². The molecule has 32 heavy (non-hydrogen) atoms. The standard InChI is InChI=1S/C24H17Cl2N3O3/c1-27-19-4-2-3-16(13-19)24(31)23(14-32-15-23)28(20-9-5-17(25)6-10-20)22(30)29(24)21-11-7-18(26)8-12-21/h2-13,31H,14-15H2. The summed E-state index contributed by atoms with van der Waals surface area (Å²) in [7, 11) is 0. The summed E-state index contributed by atoms with van der Waals surface area (Å²) in [5.41, 5.74) is -1.08. The molecule has 1 unspecified atom stereocenters. The Hall–Kier alpha value is -3.08. The number of rotatable bonds is 3. The maximum absolute atomic E-state index is 13.9. The zero-order valence-electron chi connectivity index (χ0n) is 16.7. The van der Waals surface area contributed by atoms with Crippen molar-refractivity contribution < 1.29 is 14.6 Å². The quantitative estimate of drug-likeness (QED) is 0.511. The van der Waals surface area contributed by atoms with E-state index in [2.05, 4.69) is 4.85 Å². The summed E-state index contributed by atoms with van der Waals surface area (Å²) in [5.74, 6) is 0. The number of hydrogen-bond acceptors (Lipinski definition) is 3. The monoisotopic (exact) mass is 465 g/mol. The van der Waals surface area contributed by atoms with E-state index in [-0.39, 0.29) is 13.2 Å². The second kappa shape index (κ2) is 7.51. The minimum Gasteiger partial charge on any atom is -0.376 e. The Morgan fingerprint density at radius 3 is 1.97 bits per heavy atom. The fourth-order valence-corrected chi connectivity index (χ4v) is 4.69. The molecule has 2 heterocycles. The zero-order valence-corrected chi connectivity index (χ0v) is 18.2. The van der Waals surface area contributed by atoms with Crippen LogP contribution >= 0.6 is 23.2 Å². The molecule has 2 amide bonds. The van der Waals surface area contributed by atoms with E-state index in [0.29, 0.717) is 32.7 Å². The van der Waals surface area contributed by atoms with E-state index in [9.17, 15) is 9.90 Å². The van der Waals surface area contributed by atoms with Crippen LogP contribution in [0, 0.1) is 6.57 Å². The number of benzene rings is 3. The lowest BCUT2D eigenvalue weighted by molar-refractivity contribution is -0.153. The number of nitrogens with zero attached hydrogens (tertiary/aromatic N) is 3. The number of hydrogen-bond donors (Lipinski definition) is 1. The van der Waals surface area contributed by atoms with Crippen LogP contribution in [-0.2, 0) is 10.5 Å². The molecule has 160 valence electrons. The maximum atomic E-state index is 13.9. The van der Waals surface area contributed by atoms with E-state index in [1.54, 1.807) is 77.7 Å². The Morgan fingerprint density at radius 1 is 0.906 bits per heavy atom. The summed E-state index contributed by atoms with van der Waals surface area (Å²) in [4.78, 5) is 20.3.